The third kappa shape index (κ3) is 3.56. The number of rotatable bonds is 4. The molecule has 0 saturated heterocycles. The molecule has 0 aliphatic carbocycles. The van der Waals surface area contributed by atoms with Gasteiger partial charge >= 0.3 is 0 Å². The monoisotopic (exact) mass is 206 g/mol. The van der Waals surface area contributed by atoms with Gasteiger partial charge in [0.2, 0.25) is 0 Å². The number of nitrogens with one attached hydrogen (secondary N) is 1. The molecule has 1 rings (SSSR count). The van der Waals surface area contributed by atoms with E-state index in [1.165, 1.54) is 11.3 Å². The molecule has 1 aromatic rings. The van der Waals surface area contributed by atoms with Gasteiger partial charge in [0.1, 0.15) is 0 Å². The smallest absolute Gasteiger partial charge is 0.0361 e. The van der Waals surface area contributed by atoms with Crippen molar-refractivity contribution in [1.82, 2.24) is 5.32 Å². The fraction of sp³-hybridized carbons (Fsp3) is 0.538. The first-order valence-electron chi connectivity index (χ1n) is 5.40. The van der Waals surface area contributed by atoms with E-state index in [9.17, 15) is 0 Å². The average molecular weight is 206 g/mol. The summed E-state index contributed by atoms with van der Waals surface area (Å²) in [6.07, 6.45) is 1.05. The second kappa shape index (κ2) is 4.67. The number of nitrogens with zero attached hydrogens (tertiary/aromatic N) is 1. The van der Waals surface area contributed by atoms with Crippen molar-refractivity contribution >= 4 is 5.69 Å². The Balaban J connectivity index is 2.73. The van der Waals surface area contributed by atoms with E-state index in [0.29, 0.717) is 0 Å². The molecule has 0 aliphatic heterocycles. The van der Waals surface area contributed by atoms with Gasteiger partial charge in [-0.2, -0.15) is 0 Å². The number of anilines is 1. The van der Waals surface area contributed by atoms with Crippen LogP contribution in [0.1, 0.15) is 19.4 Å². The number of hydrogen-bond donors (Lipinski definition) is 1. The Morgan fingerprint density at radius 3 is 2.07 bits per heavy atom. The molecule has 2 nitrogen and oxygen atoms in total. The molecule has 0 bridgehead atoms. The molecule has 0 radical (unpaired) electrons. The summed E-state index contributed by atoms with van der Waals surface area (Å²) in [5.41, 5.74) is 2.79. The van der Waals surface area contributed by atoms with Crippen LogP contribution in [0.4, 0.5) is 5.69 Å². The highest BCUT2D eigenvalue weighted by Gasteiger charge is 2.14. The third-order valence-electron chi connectivity index (χ3n) is 2.78. The summed E-state index contributed by atoms with van der Waals surface area (Å²) in [6.45, 7) is 4.43. The normalized spacial score (nSPS) is 11.5. The van der Waals surface area contributed by atoms with Gasteiger partial charge in [0.05, 0.1) is 0 Å². The van der Waals surface area contributed by atoms with Crippen LogP contribution in [-0.4, -0.2) is 26.7 Å². The van der Waals surface area contributed by atoms with Gasteiger partial charge in [-0.3, -0.25) is 0 Å². The Kier molecular flexibility index (Phi) is 3.75. The van der Waals surface area contributed by atoms with Crippen molar-refractivity contribution in [3.05, 3.63) is 29.8 Å². The minimum Gasteiger partial charge on any atom is -0.378 e. The Hall–Kier alpha value is -1.02. The molecule has 0 saturated carbocycles. The maximum absolute atomic E-state index is 3.32. The van der Waals surface area contributed by atoms with Crippen LogP contribution in [0.15, 0.2) is 24.3 Å². The first-order chi connectivity index (χ1) is 6.94. The van der Waals surface area contributed by atoms with Gasteiger partial charge in [-0.05, 0) is 45.0 Å². The fourth-order valence-electron chi connectivity index (χ4n) is 1.51. The molecule has 1 N–H and O–H groups in total. The molecule has 15 heavy (non-hydrogen) atoms. The zero-order valence-electron chi connectivity index (χ0n) is 10.5. The van der Waals surface area contributed by atoms with E-state index in [2.05, 4.69) is 62.4 Å². The zero-order valence-corrected chi connectivity index (χ0v) is 10.5. The van der Waals surface area contributed by atoms with Crippen molar-refractivity contribution in [3.8, 4) is 0 Å². The van der Waals surface area contributed by atoms with Gasteiger partial charge in [0, 0.05) is 25.3 Å². The summed E-state index contributed by atoms with van der Waals surface area (Å²) < 4.78 is 0. The van der Waals surface area contributed by atoms with Gasteiger partial charge < -0.3 is 10.2 Å². The van der Waals surface area contributed by atoms with Crippen molar-refractivity contribution in [3.63, 3.8) is 0 Å². The summed E-state index contributed by atoms with van der Waals surface area (Å²) in [7, 11) is 6.13. The lowest BCUT2D eigenvalue weighted by Gasteiger charge is -2.24. The SMILES string of the molecule is CNC(C)(C)Cc1ccc(N(C)C)cc1. The topological polar surface area (TPSA) is 15.3 Å². The van der Waals surface area contributed by atoms with Crippen LogP contribution in [0.2, 0.25) is 0 Å². The molecular formula is C13H22N2. The van der Waals surface area contributed by atoms with Crippen molar-refractivity contribution in [2.24, 2.45) is 0 Å². The predicted octanol–water partition coefficient (Wildman–Crippen LogP) is 2.29. The van der Waals surface area contributed by atoms with Crippen LogP contribution in [0.3, 0.4) is 0 Å². The second-order valence-corrected chi connectivity index (χ2v) is 4.87. The Labute approximate surface area is 93.3 Å². The van der Waals surface area contributed by atoms with E-state index in [4.69, 9.17) is 0 Å². The van der Waals surface area contributed by atoms with Gasteiger partial charge in [0.15, 0.2) is 0 Å². The number of likely N-dealkylation sites (N-methyl/N-ethyl adjacent to an activating group) is 1. The van der Waals surface area contributed by atoms with E-state index >= 15 is 0 Å². The minimum absolute atomic E-state index is 0.166. The lowest BCUT2D eigenvalue weighted by Crippen LogP contribution is -2.38. The van der Waals surface area contributed by atoms with Crippen molar-refractivity contribution in [2.45, 2.75) is 25.8 Å². The molecule has 2 heteroatoms. The molecule has 0 unspecified atom stereocenters. The molecule has 0 amide bonds. The largest absolute Gasteiger partial charge is 0.378 e. The molecule has 0 heterocycles. The van der Waals surface area contributed by atoms with Crippen LogP contribution < -0.4 is 10.2 Å². The fourth-order valence-corrected chi connectivity index (χ4v) is 1.51. The molecular weight excluding hydrogens is 184 g/mol. The average Bonchev–Trinajstić information content (AvgIpc) is 2.18. The van der Waals surface area contributed by atoms with Crippen LogP contribution in [0.25, 0.3) is 0 Å². The van der Waals surface area contributed by atoms with Gasteiger partial charge in [-0.15, -0.1) is 0 Å². The predicted molar refractivity (Wildman–Crippen MR) is 67.6 cm³/mol. The second-order valence-electron chi connectivity index (χ2n) is 4.87. The minimum atomic E-state index is 0.166. The van der Waals surface area contributed by atoms with E-state index in [1.54, 1.807) is 0 Å². The number of benzene rings is 1. The third-order valence-corrected chi connectivity index (χ3v) is 2.78. The number of hydrogen-bond acceptors (Lipinski definition) is 2. The molecule has 0 spiro atoms. The molecule has 0 aromatic heterocycles. The summed E-state index contributed by atoms with van der Waals surface area (Å²) in [5.74, 6) is 0. The van der Waals surface area contributed by atoms with Crippen LogP contribution in [0.5, 0.6) is 0 Å². The van der Waals surface area contributed by atoms with E-state index in [-0.39, 0.29) is 5.54 Å². The van der Waals surface area contributed by atoms with Gasteiger partial charge in [-0.25, -0.2) is 0 Å². The molecule has 84 valence electrons. The van der Waals surface area contributed by atoms with E-state index < -0.39 is 0 Å². The lowest BCUT2D eigenvalue weighted by molar-refractivity contribution is 0.422. The summed E-state index contributed by atoms with van der Waals surface area (Å²) in [5, 5.41) is 3.32. The Morgan fingerprint density at radius 1 is 1.13 bits per heavy atom. The van der Waals surface area contributed by atoms with Crippen LogP contribution in [0, 0.1) is 0 Å². The molecule has 0 aliphatic rings. The van der Waals surface area contributed by atoms with Crippen molar-refractivity contribution < 1.29 is 0 Å². The van der Waals surface area contributed by atoms with Crippen molar-refractivity contribution in [2.75, 3.05) is 26.0 Å². The molecule has 0 fully saturated rings. The first kappa shape index (κ1) is 12.1. The molecule has 0 atom stereocenters. The zero-order chi connectivity index (χ0) is 11.5. The van der Waals surface area contributed by atoms with Crippen molar-refractivity contribution in [1.29, 1.82) is 0 Å². The van der Waals surface area contributed by atoms with E-state index in [0.717, 1.165) is 6.42 Å². The van der Waals surface area contributed by atoms with Gasteiger partial charge in [-0.1, -0.05) is 12.1 Å². The highest BCUT2D eigenvalue weighted by atomic mass is 15.1. The maximum Gasteiger partial charge on any atom is 0.0361 e. The Morgan fingerprint density at radius 2 is 1.67 bits per heavy atom. The Bertz CT molecular complexity index is 299. The summed E-state index contributed by atoms with van der Waals surface area (Å²) in [4.78, 5) is 2.12. The maximum atomic E-state index is 3.32. The van der Waals surface area contributed by atoms with Crippen LogP contribution in [-0.2, 0) is 6.42 Å². The standard InChI is InChI=1S/C13H22N2/c1-13(2,14-3)10-11-6-8-12(9-7-11)15(4)5/h6-9,14H,10H2,1-5H3. The van der Waals surface area contributed by atoms with E-state index in [1.807, 2.05) is 7.05 Å². The lowest BCUT2D eigenvalue weighted by atomic mass is 9.95. The highest BCUT2D eigenvalue weighted by Crippen LogP contribution is 2.16. The summed E-state index contributed by atoms with van der Waals surface area (Å²) in [6, 6.07) is 8.74. The molecule has 1 aromatic carbocycles. The highest BCUT2D eigenvalue weighted by molar-refractivity contribution is 5.46. The summed E-state index contributed by atoms with van der Waals surface area (Å²) >= 11 is 0. The van der Waals surface area contributed by atoms with Gasteiger partial charge in [0.25, 0.3) is 0 Å². The quantitative estimate of drug-likeness (QED) is 0.813. The first-order valence-corrected chi connectivity index (χ1v) is 5.40. The van der Waals surface area contributed by atoms with Crippen LogP contribution >= 0.6 is 0 Å².